The highest BCUT2D eigenvalue weighted by Gasteiger charge is 2.12. The second kappa shape index (κ2) is 5.21. The molecule has 0 atom stereocenters. The fourth-order valence-electron chi connectivity index (χ4n) is 1.98. The Morgan fingerprint density at radius 1 is 1.19 bits per heavy atom. The number of benzene rings is 1. The third-order valence-electron chi connectivity index (χ3n) is 2.55. The average molecular weight is 235 g/mol. The van der Waals surface area contributed by atoms with Gasteiger partial charge in [0, 0.05) is 18.4 Å². The van der Waals surface area contributed by atoms with Crippen molar-refractivity contribution in [3.63, 3.8) is 0 Å². The summed E-state index contributed by atoms with van der Waals surface area (Å²) in [6.07, 6.45) is 0.890. The minimum atomic E-state index is 0.128. The summed E-state index contributed by atoms with van der Waals surface area (Å²) in [4.78, 5) is 12.4. The van der Waals surface area contributed by atoms with E-state index in [1.54, 1.807) is 0 Å². The number of hydrogen-bond donors (Lipinski definition) is 1. The molecule has 0 unspecified atom stereocenters. The van der Waals surface area contributed by atoms with E-state index in [4.69, 9.17) is 18.0 Å². The van der Waals surface area contributed by atoms with Gasteiger partial charge >= 0.3 is 0 Å². The van der Waals surface area contributed by atoms with E-state index in [0.717, 1.165) is 16.7 Å². The van der Waals surface area contributed by atoms with Crippen molar-refractivity contribution < 1.29 is 4.79 Å². The molecule has 0 aromatic heterocycles. The van der Waals surface area contributed by atoms with Gasteiger partial charge in [-0.15, -0.1) is 0 Å². The number of aryl methyl sites for hydroxylation is 3. The van der Waals surface area contributed by atoms with Crippen molar-refractivity contribution in [3.8, 4) is 0 Å². The predicted octanol–water partition coefficient (Wildman–Crippen LogP) is 2.86. The van der Waals surface area contributed by atoms with Crippen molar-refractivity contribution in [1.29, 1.82) is 0 Å². The van der Waals surface area contributed by atoms with Crippen LogP contribution in [0.1, 0.15) is 39.9 Å². The molecule has 0 aliphatic rings. The molecule has 1 rings (SSSR count). The normalized spacial score (nSPS) is 10.2. The maximum atomic E-state index is 12.0. The number of thiocarbonyl (C=S) groups is 1. The van der Waals surface area contributed by atoms with E-state index in [2.05, 4.69) is 0 Å². The van der Waals surface area contributed by atoms with Crippen LogP contribution in [0.15, 0.2) is 12.1 Å². The van der Waals surface area contributed by atoms with Crippen LogP contribution in [0.4, 0.5) is 0 Å². The molecule has 0 bridgehead atoms. The van der Waals surface area contributed by atoms with E-state index in [1.165, 1.54) is 5.56 Å². The van der Waals surface area contributed by atoms with Crippen molar-refractivity contribution in [1.82, 2.24) is 0 Å². The second-order valence-electron chi connectivity index (χ2n) is 4.16. The molecule has 0 aliphatic carbocycles. The summed E-state index contributed by atoms with van der Waals surface area (Å²) in [5, 5.41) is 0. The van der Waals surface area contributed by atoms with Crippen molar-refractivity contribution in [2.45, 2.75) is 33.6 Å². The van der Waals surface area contributed by atoms with Gasteiger partial charge in [-0.2, -0.15) is 0 Å². The molecule has 0 saturated heterocycles. The summed E-state index contributed by atoms with van der Waals surface area (Å²) in [7, 11) is 0. The van der Waals surface area contributed by atoms with Crippen LogP contribution in [0.5, 0.6) is 0 Å². The first-order valence-electron chi connectivity index (χ1n) is 5.31. The summed E-state index contributed by atoms with van der Waals surface area (Å²) in [5.41, 5.74) is 9.47. The lowest BCUT2D eigenvalue weighted by molar-refractivity contribution is 0.0984. The Morgan fingerprint density at radius 2 is 1.69 bits per heavy atom. The fourth-order valence-corrected chi connectivity index (χ4v) is 2.08. The Bertz CT molecular complexity index is 415. The SMILES string of the molecule is Cc1cc(C)c(C(=O)CCC(N)=S)c(C)c1. The lowest BCUT2D eigenvalue weighted by Crippen LogP contribution is -2.12. The van der Waals surface area contributed by atoms with Gasteiger partial charge in [-0.3, -0.25) is 4.79 Å². The van der Waals surface area contributed by atoms with Crippen LogP contribution >= 0.6 is 12.2 Å². The monoisotopic (exact) mass is 235 g/mol. The highest BCUT2D eigenvalue weighted by Crippen LogP contribution is 2.18. The molecule has 0 spiro atoms. The van der Waals surface area contributed by atoms with Gasteiger partial charge in [-0.1, -0.05) is 29.9 Å². The highest BCUT2D eigenvalue weighted by atomic mass is 32.1. The molecule has 1 aromatic carbocycles. The predicted molar refractivity (Wildman–Crippen MR) is 71.0 cm³/mol. The molecule has 0 heterocycles. The molecule has 3 heteroatoms. The van der Waals surface area contributed by atoms with E-state index in [-0.39, 0.29) is 5.78 Å². The highest BCUT2D eigenvalue weighted by molar-refractivity contribution is 7.80. The standard InChI is InChI=1S/C13H17NOS/c1-8-6-9(2)13(10(3)7-8)11(15)4-5-12(14)16/h6-7H,4-5H2,1-3H3,(H2,14,16). The summed E-state index contributed by atoms with van der Waals surface area (Å²) >= 11 is 4.78. The zero-order chi connectivity index (χ0) is 12.3. The summed E-state index contributed by atoms with van der Waals surface area (Å²) in [6, 6.07) is 4.06. The Balaban J connectivity index is 2.95. The van der Waals surface area contributed by atoms with Gasteiger partial charge in [-0.05, 0) is 31.9 Å². The van der Waals surface area contributed by atoms with E-state index >= 15 is 0 Å². The first-order chi connectivity index (χ1) is 7.41. The molecule has 86 valence electrons. The molecule has 0 amide bonds. The van der Waals surface area contributed by atoms with E-state index < -0.39 is 0 Å². The fraction of sp³-hybridized carbons (Fsp3) is 0.385. The zero-order valence-corrected chi connectivity index (χ0v) is 10.8. The maximum Gasteiger partial charge on any atom is 0.163 e. The third kappa shape index (κ3) is 3.14. The minimum absolute atomic E-state index is 0.128. The molecule has 0 fully saturated rings. The number of rotatable bonds is 4. The lowest BCUT2D eigenvalue weighted by Gasteiger charge is -2.09. The second-order valence-corrected chi connectivity index (χ2v) is 4.69. The Kier molecular flexibility index (Phi) is 4.19. The molecule has 1 aromatic rings. The average Bonchev–Trinajstić information content (AvgIpc) is 2.12. The van der Waals surface area contributed by atoms with Gasteiger partial charge in [0.2, 0.25) is 0 Å². The summed E-state index contributed by atoms with van der Waals surface area (Å²) < 4.78 is 0. The number of hydrogen-bond acceptors (Lipinski definition) is 2. The van der Waals surface area contributed by atoms with Crippen molar-refractivity contribution in [2.75, 3.05) is 0 Å². The number of carbonyl (C=O) groups excluding carboxylic acids is 1. The van der Waals surface area contributed by atoms with Crippen LogP contribution in [-0.2, 0) is 0 Å². The molecule has 0 saturated carbocycles. The van der Waals surface area contributed by atoms with E-state index in [1.807, 2.05) is 32.9 Å². The van der Waals surface area contributed by atoms with Crippen LogP contribution in [-0.4, -0.2) is 10.8 Å². The van der Waals surface area contributed by atoms with Crippen LogP contribution < -0.4 is 5.73 Å². The van der Waals surface area contributed by atoms with Crippen molar-refractivity contribution >= 4 is 23.0 Å². The van der Waals surface area contributed by atoms with Crippen LogP contribution in [0.2, 0.25) is 0 Å². The molecular weight excluding hydrogens is 218 g/mol. The molecule has 16 heavy (non-hydrogen) atoms. The van der Waals surface area contributed by atoms with E-state index in [9.17, 15) is 4.79 Å². The number of Topliss-reactive ketones (excluding diaryl/α,β-unsaturated/α-hetero) is 1. The first kappa shape index (κ1) is 12.8. The number of ketones is 1. The van der Waals surface area contributed by atoms with Gasteiger partial charge in [-0.25, -0.2) is 0 Å². The Labute approximate surface area is 102 Å². The molecule has 0 aliphatic heterocycles. The number of carbonyl (C=O) groups is 1. The van der Waals surface area contributed by atoms with Gasteiger partial charge < -0.3 is 5.73 Å². The molecule has 0 radical (unpaired) electrons. The van der Waals surface area contributed by atoms with E-state index in [0.29, 0.717) is 17.8 Å². The summed E-state index contributed by atoms with van der Waals surface area (Å²) in [6.45, 7) is 5.96. The smallest absolute Gasteiger partial charge is 0.163 e. The van der Waals surface area contributed by atoms with Gasteiger partial charge in [0.1, 0.15) is 0 Å². The van der Waals surface area contributed by atoms with Crippen LogP contribution in [0.25, 0.3) is 0 Å². The topological polar surface area (TPSA) is 43.1 Å². The Hall–Kier alpha value is -1.22. The van der Waals surface area contributed by atoms with Gasteiger partial charge in [0.25, 0.3) is 0 Å². The van der Waals surface area contributed by atoms with Crippen molar-refractivity contribution in [3.05, 3.63) is 34.4 Å². The van der Waals surface area contributed by atoms with Gasteiger partial charge in [0.15, 0.2) is 5.78 Å². The maximum absolute atomic E-state index is 12.0. The molecule has 2 N–H and O–H groups in total. The largest absolute Gasteiger partial charge is 0.393 e. The lowest BCUT2D eigenvalue weighted by atomic mass is 9.94. The van der Waals surface area contributed by atoms with Crippen LogP contribution in [0.3, 0.4) is 0 Å². The minimum Gasteiger partial charge on any atom is -0.393 e. The molecular formula is C13H17NOS. The number of nitrogens with two attached hydrogens (primary N) is 1. The Morgan fingerprint density at radius 3 is 2.12 bits per heavy atom. The third-order valence-corrected chi connectivity index (χ3v) is 2.76. The van der Waals surface area contributed by atoms with Gasteiger partial charge in [0.05, 0.1) is 4.99 Å². The van der Waals surface area contributed by atoms with Crippen molar-refractivity contribution in [2.24, 2.45) is 5.73 Å². The van der Waals surface area contributed by atoms with Crippen LogP contribution in [0, 0.1) is 20.8 Å². The molecule has 2 nitrogen and oxygen atoms in total. The zero-order valence-electron chi connectivity index (χ0n) is 9.96. The summed E-state index contributed by atoms with van der Waals surface area (Å²) in [5.74, 6) is 0.128. The first-order valence-corrected chi connectivity index (χ1v) is 5.72. The quantitative estimate of drug-likeness (QED) is 0.644.